The third kappa shape index (κ3) is 3.71. The maximum atomic E-state index is 5.97. The van der Waals surface area contributed by atoms with Gasteiger partial charge in [0.05, 0.1) is 43.0 Å². The van der Waals surface area contributed by atoms with Crippen LogP contribution in [0.1, 0.15) is 22.8 Å². The van der Waals surface area contributed by atoms with Crippen molar-refractivity contribution in [2.24, 2.45) is 0 Å². The molecule has 0 aliphatic carbocycles. The molecule has 1 fully saturated rings. The molecule has 4 heterocycles. The van der Waals surface area contributed by atoms with Crippen LogP contribution in [0.4, 0.5) is 5.82 Å². The third-order valence-corrected chi connectivity index (χ3v) is 4.78. The van der Waals surface area contributed by atoms with Gasteiger partial charge in [-0.2, -0.15) is 10.2 Å². The quantitative estimate of drug-likeness (QED) is 0.702. The van der Waals surface area contributed by atoms with Crippen LogP contribution >= 0.6 is 0 Å². The molecule has 0 bridgehead atoms. The number of hydrogen-bond acceptors (Lipinski definition) is 6. The highest BCUT2D eigenvalue weighted by atomic mass is 16.5. The van der Waals surface area contributed by atoms with E-state index in [0.29, 0.717) is 6.61 Å². The molecule has 1 saturated heterocycles. The van der Waals surface area contributed by atoms with E-state index in [4.69, 9.17) is 9.72 Å². The van der Waals surface area contributed by atoms with Gasteiger partial charge in [0.15, 0.2) is 5.82 Å². The van der Waals surface area contributed by atoms with Gasteiger partial charge in [-0.15, -0.1) is 0 Å². The van der Waals surface area contributed by atoms with Crippen LogP contribution in [0.5, 0.6) is 0 Å². The van der Waals surface area contributed by atoms with E-state index in [1.165, 1.54) is 0 Å². The van der Waals surface area contributed by atoms with Crippen LogP contribution in [0.2, 0.25) is 0 Å². The number of morpholine rings is 1. The zero-order valence-electron chi connectivity index (χ0n) is 16.3. The van der Waals surface area contributed by atoms with Crippen molar-refractivity contribution in [2.75, 3.05) is 24.6 Å². The molecule has 4 rings (SSSR count). The van der Waals surface area contributed by atoms with Crippen LogP contribution in [-0.2, 0) is 11.3 Å². The van der Waals surface area contributed by atoms with Crippen molar-refractivity contribution < 1.29 is 4.74 Å². The summed E-state index contributed by atoms with van der Waals surface area (Å²) in [7, 11) is 0. The van der Waals surface area contributed by atoms with Gasteiger partial charge in [-0.1, -0.05) is 0 Å². The van der Waals surface area contributed by atoms with Gasteiger partial charge in [-0.25, -0.2) is 9.67 Å². The van der Waals surface area contributed by atoms with Crippen LogP contribution in [0.3, 0.4) is 0 Å². The molecule has 0 spiro atoms. The van der Waals surface area contributed by atoms with Gasteiger partial charge in [-0.3, -0.25) is 9.67 Å². The summed E-state index contributed by atoms with van der Waals surface area (Å²) in [4.78, 5) is 11.4. The Labute approximate surface area is 158 Å². The monoisotopic (exact) mass is 367 g/mol. The lowest BCUT2D eigenvalue weighted by Gasteiger charge is -2.33. The smallest absolute Gasteiger partial charge is 0.174 e. The van der Waals surface area contributed by atoms with E-state index in [-0.39, 0.29) is 6.10 Å². The summed E-state index contributed by atoms with van der Waals surface area (Å²) in [5.74, 6) is 1.58. The predicted molar refractivity (Wildman–Crippen MR) is 102 cm³/mol. The molecule has 3 aromatic heterocycles. The van der Waals surface area contributed by atoms with Crippen molar-refractivity contribution in [1.29, 1.82) is 0 Å². The topological polar surface area (TPSA) is 73.9 Å². The zero-order chi connectivity index (χ0) is 19.0. The predicted octanol–water partition coefficient (Wildman–Crippen LogP) is 2.00. The fourth-order valence-electron chi connectivity index (χ4n) is 3.55. The van der Waals surface area contributed by atoms with Crippen molar-refractivity contribution in [3.05, 3.63) is 47.3 Å². The highest BCUT2D eigenvalue weighted by Crippen LogP contribution is 2.18. The molecule has 142 valence electrons. The minimum Gasteiger partial charge on any atom is -0.373 e. The Hall–Kier alpha value is -2.74. The molecule has 8 heteroatoms. The van der Waals surface area contributed by atoms with Crippen molar-refractivity contribution in [3.63, 3.8) is 0 Å². The number of aromatic nitrogens is 6. The van der Waals surface area contributed by atoms with Crippen molar-refractivity contribution >= 4 is 5.82 Å². The highest BCUT2D eigenvalue weighted by Gasteiger charge is 2.23. The van der Waals surface area contributed by atoms with E-state index in [9.17, 15) is 0 Å². The zero-order valence-corrected chi connectivity index (χ0v) is 16.3. The molecule has 3 aromatic rings. The molecule has 1 aliphatic heterocycles. The summed E-state index contributed by atoms with van der Waals surface area (Å²) in [6.45, 7) is 11.0. The van der Waals surface area contributed by atoms with E-state index in [0.717, 1.165) is 54.0 Å². The fourth-order valence-corrected chi connectivity index (χ4v) is 3.55. The summed E-state index contributed by atoms with van der Waals surface area (Å²) in [6.07, 6.45) is 3.62. The van der Waals surface area contributed by atoms with Crippen molar-refractivity contribution in [2.45, 2.75) is 40.3 Å². The second kappa shape index (κ2) is 7.11. The lowest BCUT2D eigenvalue weighted by atomic mass is 10.2. The number of nitrogens with zero attached hydrogens (tertiary/aromatic N) is 7. The molecule has 1 aliphatic rings. The van der Waals surface area contributed by atoms with Gasteiger partial charge in [0.25, 0.3) is 0 Å². The average molecular weight is 367 g/mol. The second-order valence-corrected chi connectivity index (χ2v) is 7.12. The molecular weight excluding hydrogens is 342 g/mol. The van der Waals surface area contributed by atoms with Gasteiger partial charge in [0, 0.05) is 24.5 Å². The van der Waals surface area contributed by atoms with Gasteiger partial charge in [0.1, 0.15) is 5.82 Å². The highest BCUT2D eigenvalue weighted by molar-refractivity contribution is 5.40. The minimum atomic E-state index is 0.0656. The van der Waals surface area contributed by atoms with E-state index in [1.807, 2.05) is 36.2 Å². The van der Waals surface area contributed by atoms with E-state index < -0.39 is 0 Å². The molecule has 0 saturated carbocycles. The largest absolute Gasteiger partial charge is 0.373 e. The van der Waals surface area contributed by atoms with Crippen LogP contribution in [0, 0.1) is 27.7 Å². The van der Waals surface area contributed by atoms with Crippen LogP contribution < -0.4 is 4.90 Å². The average Bonchev–Trinajstić information content (AvgIpc) is 3.15. The first-order valence-electron chi connectivity index (χ1n) is 9.23. The van der Waals surface area contributed by atoms with Crippen molar-refractivity contribution in [1.82, 2.24) is 29.5 Å². The molecule has 0 N–H and O–H groups in total. The van der Waals surface area contributed by atoms with Crippen LogP contribution in [0.25, 0.3) is 5.82 Å². The fraction of sp³-hybridized carbons (Fsp3) is 0.474. The van der Waals surface area contributed by atoms with Gasteiger partial charge < -0.3 is 9.64 Å². The van der Waals surface area contributed by atoms with Gasteiger partial charge in [0.2, 0.25) is 0 Å². The second-order valence-electron chi connectivity index (χ2n) is 7.12. The Morgan fingerprint density at radius 3 is 2.44 bits per heavy atom. The SMILES string of the molecule is Cc1cc(C)n(CC2CN(c3cncc(-n4nc(C)cc4C)n3)CCO2)n1. The Balaban J connectivity index is 1.52. The van der Waals surface area contributed by atoms with E-state index in [1.54, 1.807) is 12.4 Å². The number of anilines is 1. The lowest BCUT2D eigenvalue weighted by Crippen LogP contribution is -2.45. The lowest BCUT2D eigenvalue weighted by molar-refractivity contribution is 0.0267. The third-order valence-electron chi connectivity index (χ3n) is 4.78. The Kier molecular flexibility index (Phi) is 4.65. The molecule has 27 heavy (non-hydrogen) atoms. The summed E-state index contributed by atoms with van der Waals surface area (Å²) in [5.41, 5.74) is 4.20. The number of ether oxygens (including phenoxy) is 1. The molecule has 8 nitrogen and oxygen atoms in total. The standard InChI is InChI=1S/C19H25N7O/c1-13-7-15(3)25(22-13)12-17-11-24(5-6-27-17)18-9-20-10-19(21-18)26-16(4)8-14(2)23-26/h7-10,17H,5-6,11-12H2,1-4H3. The maximum Gasteiger partial charge on any atom is 0.174 e. The molecule has 0 aromatic carbocycles. The number of hydrogen-bond donors (Lipinski definition) is 0. The van der Waals surface area contributed by atoms with Crippen molar-refractivity contribution in [3.8, 4) is 5.82 Å². The molecular formula is C19H25N7O. The molecule has 1 unspecified atom stereocenters. The normalized spacial score (nSPS) is 17.5. The number of rotatable bonds is 4. The first-order chi connectivity index (χ1) is 13.0. The first kappa shape index (κ1) is 17.7. The Bertz CT molecular complexity index is 945. The molecule has 1 atom stereocenters. The molecule has 0 amide bonds. The van der Waals surface area contributed by atoms with E-state index in [2.05, 4.69) is 33.1 Å². The Morgan fingerprint density at radius 1 is 1.00 bits per heavy atom. The summed E-state index contributed by atoms with van der Waals surface area (Å²) < 4.78 is 9.82. The van der Waals surface area contributed by atoms with Crippen LogP contribution in [0.15, 0.2) is 24.5 Å². The summed E-state index contributed by atoms with van der Waals surface area (Å²) >= 11 is 0. The molecule has 0 radical (unpaired) electrons. The summed E-state index contributed by atoms with van der Waals surface area (Å²) in [5, 5.41) is 9.06. The van der Waals surface area contributed by atoms with Gasteiger partial charge in [-0.05, 0) is 39.8 Å². The van der Waals surface area contributed by atoms with E-state index >= 15 is 0 Å². The van der Waals surface area contributed by atoms with Gasteiger partial charge >= 0.3 is 0 Å². The maximum absolute atomic E-state index is 5.97. The minimum absolute atomic E-state index is 0.0656. The summed E-state index contributed by atoms with van der Waals surface area (Å²) in [6, 6.07) is 4.12. The first-order valence-corrected chi connectivity index (χ1v) is 9.23. The van der Waals surface area contributed by atoms with Crippen LogP contribution in [-0.4, -0.2) is 55.3 Å². The Morgan fingerprint density at radius 2 is 1.74 bits per heavy atom. The number of aryl methyl sites for hydroxylation is 4.